The van der Waals surface area contributed by atoms with Crippen molar-refractivity contribution in [1.82, 2.24) is 19.4 Å². The highest BCUT2D eigenvalue weighted by Gasteiger charge is 2.22. The van der Waals surface area contributed by atoms with Crippen LogP contribution in [0, 0.1) is 12.3 Å². The molecule has 2 aromatic heterocycles. The highest BCUT2D eigenvalue weighted by Crippen LogP contribution is 2.26. The number of anilines is 1. The number of aliphatic hydroxyl groups excluding tert-OH is 1. The molecule has 1 fully saturated rings. The molecule has 8 heteroatoms. The van der Waals surface area contributed by atoms with Gasteiger partial charge in [-0.3, -0.25) is 19.6 Å². The van der Waals surface area contributed by atoms with E-state index in [9.17, 15) is 9.90 Å². The Kier molecular flexibility index (Phi) is 7.35. The lowest BCUT2D eigenvalue weighted by Gasteiger charge is -2.31. The van der Waals surface area contributed by atoms with Gasteiger partial charge in [0.05, 0.1) is 0 Å². The van der Waals surface area contributed by atoms with E-state index in [1.54, 1.807) is 37.6 Å². The van der Waals surface area contributed by atoms with Crippen LogP contribution in [0.25, 0.3) is 11.2 Å². The van der Waals surface area contributed by atoms with E-state index in [-0.39, 0.29) is 5.91 Å². The minimum atomic E-state index is -0.717. The number of aliphatic hydroxyl groups is 1. The smallest absolute Gasteiger partial charge is 0.258 e. The highest BCUT2D eigenvalue weighted by molar-refractivity contribution is 6.04. The number of fused-ring (bicyclic) bond motifs is 1. The fourth-order valence-electron chi connectivity index (χ4n) is 4.14. The number of piperidine rings is 1. The molecule has 1 aliphatic rings. The summed E-state index contributed by atoms with van der Waals surface area (Å²) in [5.74, 6) is 2.64. The van der Waals surface area contributed by atoms with Crippen molar-refractivity contribution in [3.63, 3.8) is 0 Å². The lowest BCUT2D eigenvalue weighted by Crippen LogP contribution is -2.33. The number of methoxy groups -OCH3 is 1. The number of nitrogens with one attached hydrogen (secondary N) is 1. The molecule has 3 heterocycles. The normalized spacial score (nSPS) is 15.3. The van der Waals surface area contributed by atoms with Crippen molar-refractivity contribution in [2.24, 2.45) is 0 Å². The van der Waals surface area contributed by atoms with Gasteiger partial charge >= 0.3 is 0 Å². The second-order valence-electron chi connectivity index (χ2n) is 8.19. The number of benzene rings is 1. The number of imidazole rings is 1. The summed E-state index contributed by atoms with van der Waals surface area (Å²) in [6.07, 6.45) is 10.5. The summed E-state index contributed by atoms with van der Waals surface area (Å²) < 4.78 is 7.06. The quantitative estimate of drug-likeness (QED) is 0.407. The number of likely N-dealkylation sites (tertiary alicyclic amines) is 1. The Hall–Kier alpha value is -3.25. The fraction of sp³-hybridized carbons (Fsp3) is 0.400. The number of nitrogens with zero attached hydrogens (tertiary/aromatic N) is 4. The first-order valence-corrected chi connectivity index (χ1v) is 11.3. The van der Waals surface area contributed by atoms with Crippen LogP contribution in [0.15, 0.2) is 36.5 Å². The third-order valence-corrected chi connectivity index (χ3v) is 5.89. The molecule has 1 saturated heterocycles. The highest BCUT2D eigenvalue weighted by atomic mass is 16.5. The maximum absolute atomic E-state index is 12.9. The SMILES string of the molecule is C#Cc1cccc(C(=O)Nc2nc3cc(C(O)N4CCCCC4)cnc3n2CCCOC)c1. The van der Waals surface area contributed by atoms with Crippen LogP contribution in [0.1, 0.15) is 53.4 Å². The number of terminal acetylenes is 1. The Balaban J connectivity index is 1.64. The summed E-state index contributed by atoms with van der Waals surface area (Å²) in [5, 5.41) is 13.7. The summed E-state index contributed by atoms with van der Waals surface area (Å²) in [5.41, 5.74) is 3.05. The summed E-state index contributed by atoms with van der Waals surface area (Å²) in [6.45, 7) is 2.87. The minimum absolute atomic E-state index is 0.302. The zero-order valence-electron chi connectivity index (χ0n) is 18.8. The van der Waals surface area contributed by atoms with E-state index in [0.717, 1.165) is 32.4 Å². The first-order chi connectivity index (χ1) is 16.1. The van der Waals surface area contributed by atoms with Crippen LogP contribution in [0.4, 0.5) is 5.95 Å². The van der Waals surface area contributed by atoms with Crippen molar-refractivity contribution >= 4 is 23.0 Å². The Morgan fingerprint density at radius 2 is 2.12 bits per heavy atom. The molecule has 0 saturated carbocycles. The number of hydrogen-bond donors (Lipinski definition) is 2. The Labute approximate surface area is 193 Å². The Morgan fingerprint density at radius 3 is 2.88 bits per heavy atom. The molecular weight excluding hydrogens is 418 g/mol. The second-order valence-corrected chi connectivity index (χ2v) is 8.19. The van der Waals surface area contributed by atoms with Crippen LogP contribution in [0.5, 0.6) is 0 Å². The molecule has 8 nitrogen and oxygen atoms in total. The van der Waals surface area contributed by atoms with E-state index < -0.39 is 6.23 Å². The second kappa shape index (κ2) is 10.6. The zero-order chi connectivity index (χ0) is 23.2. The summed E-state index contributed by atoms with van der Waals surface area (Å²) in [4.78, 5) is 24.2. The zero-order valence-corrected chi connectivity index (χ0v) is 18.8. The van der Waals surface area contributed by atoms with Gasteiger partial charge in [0.25, 0.3) is 5.91 Å². The van der Waals surface area contributed by atoms with Gasteiger partial charge in [0.15, 0.2) is 5.65 Å². The van der Waals surface area contributed by atoms with E-state index in [1.807, 2.05) is 10.6 Å². The summed E-state index contributed by atoms with van der Waals surface area (Å²) in [7, 11) is 1.65. The predicted molar refractivity (Wildman–Crippen MR) is 127 cm³/mol. The molecule has 4 rings (SSSR count). The maximum atomic E-state index is 12.9. The Bertz CT molecular complexity index is 1160. The van der Waals surface area contributed by atoms with Gasteiger partial charge in [-0.2, -0.15) is 0 Å². The van der Waals surface area contributed by atoms with Gasteiger partial charge in [-0.15, -0.1) is 6.42 Å². The topological polar surface area (TPSA) is 92.5 Å². The van der Waals surface area contributed by atoms with Crippen LogP contribution < -0.4 is 5.32 Å². The van der Waals surface area contributed by atoms with Gasteiger partial charge in [0.2, 0.25) is 5.95 Å². The molecule has 0 aliphatic carbocycles. The Morgan fingerprint density at radius 1 is 1.30 bits per heavy atom. The molecule has 0 spiro atoms. The molecule has 1 amide bonds. The number of aromatic nitrogens is 3. The van der Waals surface area contributed by atoms with Gasteiger partial charge in [0, 0.05) is 56.2 Å². The van der Waals surface area contributed by atoms with Crippen LogP contribution in [-0.4, -0.2) is 57.3 Å². The first-order valence-electron chi connectivity index (χ1n) is 11.3. The molecule has 0 radical (unpaired) electrons. The molecule has 1 atom stereocenters. The number of aryl methyl sites for hydroxylation is 1. The largest absolute Gasteiger partial charge is 0.385 e. The molecule has 172 valence electrons. The van der Waals surface area contributed by atoms with Gasteiger partial charge < -0.3 is 9.84 Å². The fourth-order valence-corrected chi connectivity index (χ4v) is 4.14. The third-order valence-electron chi connectivity index (χ3n) is 5.89. The molecule has 3 aromatic rings. The van der Waals surface area contributed by atoms with Crippen molar-refractivity contribution in [3.05, 3.63) is 53.2 Å². The summed E-state index contributed by atoms with van der Waals surface area (Å²) in [6, 6.07) is 8.75. The number of hydrogen-bond acceptors (Lipinski definition) is 6. The van der Waals surface area contributed by atoms with Crippen molar-refractivity contribution < 1.29 is 14.6 Å². The van der Waals surface area contributed by atoms with Gasteiger partial charge in [-0.1, -0.05) is 18.4 Å². The number of amides is 1. The van der Waals surface area contributed by atoms with Crippen molar-refractivity contribution in [2.45, 2.75) is 38.5 Å². The molecular formula is C25H29N5O3. The van der Waals surface area contributed by atoms with E-state index in [4.69, 9.17) is 11.2 Å². The van der Waals surface area contributed by atoms with Crippen LogP contribution >= 0.6 is 0 Å². The van der Waals surface area contributed by atoms with E-state index in [1.165, 1.54) is 6.42 Å². The maximum Gasteiger partial charge on any atom is 0.258 e. The number of carbonyl (C=O) groups excluding carboxylic acids is 1. The molecule has 2 N–H and O–H groups in total. The lowest BCUT2D eigenvalue weighted by atomic mass is 10.1. The van der Waals surface area contributed by atoms with Crippen LogP contribution in [0.2, 0.25) is 0 Å². The molecule has 1 unspecified atom stereocenters. The first kappa shape index (κ1) is 22.9. The van der Waals surface area contributed by atoms with Crippen molar-refractivity contribution in [1.29, 1.82) is 0 Å². The monoisotopic (exact) mass is 447 g/mol. The lowest BCUT2D eigenvalue weighted by molar-refractivity contribution is -0.00995. The van der Waals surface area contributed by atoms with Crippen LogP contribution in [0.3, 0.4) is 0 Å². The molecule has 33 heavy (non-hydrogen) atoms. The van der Waals surface area contributed by atoms with Gasteiger partial charge in [-0.05, 0) is 43.5 Å². The number of rotatable bonds is 8. The van der Waals surface area contributed by atoms with Gasteiger partial charge in [-0.25, -0.2) is 9.97 Å². The number of carbonyl (C=O) groups is 1. The number of ether oxygens (including phenoxy) is 1. The minimum Gasteiger partial charge on any atom is -0.385 e. The predicted octanol–water partition coefficient (Wildman–Crippen LogP) is 3.18. The van der Waals surface area contributed by atoms with Crippen LogP contribution in [-0.2, 0) is 11.3 Å². The van der Waals surface area contributed by atoms with E-state index in [0.29, 0.717) is 47.0 Å². The van der Waals surface area contributed by atoms with Gasteiger partial charge in [0.1, 0.15) is 11.7 Å². The van der Waals surface area contributed by atoms with Crippen molar-refractivity contribution in [3.8, 4) is 12.3 Å². The number of pyridine rings is 1. The van der Waals surface area contributed by atoms with E-state index >= 15 is 0 Å². The average molecular weight is 448 g/mol. The van der Waals surface area contributed by atoms with E-state index in [2.05, 4.69) is 26.1 Å². The summed E-state index contributed by atoms with van der Waals surface area (Å²) >= 11 is 0. The molecule has 1 aromatic carbocycles. The van der Waals surface area contributed by atoms with Crippen molar-refractivity contribution in [2.75, 3.05) is 32.1 Å². The standard InChI is InChI=1S/C25H29N5O3/c1-3-18-9-7-10-19(15-18)23(31)28-25-27-21-16-20(24(32)29-11-5-4-6-12-29)17-26-22(21)30(25)13-8-14-33-2/h1,7,9-10,15-17,24,32H,4-6,8,11-14H2,2H3,(H,27,28,31). The third kappa shape index (κ3) is 5.22. The molecule has 1 aliphatic heterocycles. The molecule has 0 bridgehead atoms. The average Bonchev–Trinajstić information content (AvgIpc) is 3.20.